The van der Waals surface area contributed by atoms with Gasteiger partial charge in [0.2, 0.25) is 0 Å². The zero-order chi connectivity index (χ0) is 41.1. The Morgan fingerprint density at radius 1 is 0.586 bits per heavy atom. The minimum atomic E-state index is 0.801. The average molecular weight is 756 g/mol. The summed E-state index contributed by atoms with van der Waals surface area (Å²) in [5, 5.41) is 2.21. The van der Waals surface area contributed by atoms with Crippen molar-refractivity contribution in [3.05, 3.63) is 241 Å². The number of aromatic nitrogens is 2. The Morgan fingerprint density at radius 3 is 1.83 bits per heavy atom. The van der Waals surface area contributed by atoms with Crippen molar-refractivity contribution in [2.45, 2.75) is 20.8 Å². The Kier molecular flexibility index (Phi) is 15.7. The van der Waals surface area contributed by atoms with Crippen LogP contribution in [0.2, 0.25) is 0 Å². The monoisotopic (exact) mass is 755 g/mol. The third kappa shape index (κ3) is 10.5. The van der Waals surface area contributed by atoms with E-state index in [2.05, 4.69) is 181 Å². The molecular weight excluding hydrogens is 703 g/mol. The first-order valence-electron chi connectivity index (χ1n) is 19.6. The second-order valence-corrected chi connectivity index (χ2v) is 13.3. The molecule has 0 unspecified atom stereocenters. The number of pyridine rings is 1. The molecular formula is C55H53N3. The van der Waals surface area contributed by atoms with Gasteiger partial charge in [-0.25, -0.2) is 4.98 Å². The SMILES string of the molecule is C/C=C\C.C=C1/C=c2\c(c3c(n2C)\C=C/C=C\C=C/C=C/C=C/3)=C/c2c(/C=C\C=C\C)cccc2N1c1cc(-c2ccccc2)cc(-c2ccccc2)n1.C=CC=C. The van der Waals surface area contributed by atoms with Gasteiger partial charge in [-0.15, -0.1) is 0 Å². The van der Waals surface area contributed by atoms with Gasteiger partial charge in [-0.1, -0.05) is 196 Å². The Bertz CT molecular complexity index is 2510. The highest BCUT2D eigenvalue weighted by Crippen LogP contribution is 2.38. The molecule has 0 N–H and O–H groups in total. The van der Waals surface area contributed by atoms with E-state index < -0.39 is 0 Å². The van der Waals surface area contributed by atoms with E-state index in [-0.39, 0.29) is 0 Å². The maximum absolute atomic E-state index is 5.34. The van der Waals surface area contributed by atoms with E-state index in [1.807, 2.05) is 69.4 Å². The molecule has 0 spiro atoms. The van der Waals surface area contributed by atoms with Crippen molar-refractivity contribution in [2.24, 2.45) is 7.05 Å². The van der Waals surface area contributed by atoms with E-state index in [1.54, 1.807) is 12.2 Å². The molecule has 3 heterocycles. The van der Waals surface area contributed by atoms with Gasteiger partial charge in [-0.3, -0.25) is 4.90 Å². The lowest BCUT2D eigenvalue weighted by molar-refractivity contribution is 0.875. The minimum Gasteiger partial charge on any atom is -0.344 e. The molecule has 3 heteroatoms. The molecule has 0 saturated carbocycles. The molecule has 2 aromatic heterocycles. The number of nitrogens with zero attached hydrogens (tertiary/aromatic N) is 3. The number of benzene rings is 3. The van der Waals surface area contributed by atoms with Crippen molar-refractivity contribution in [1.82, 2.24) is 9.55 Å². The van der Waals surface area contributed by atoms with Crippen molar-refractivity contribution < 1.29 is 0 Å². The zero-order valence-corrected chi connectivity index (χ0v) is 34.2. The number of hydrogen-bond donors (Lipinski definition) is 0. The third-order valence-corrected chi connectivity index (χ3v) is 9.39. The van der Waals surface area contributed by atoms with Crippen LogP contribution in [-0.4, -0.2) is 9.55 Å². The normalized spacial score (nSPS) is 17.0. The summed E-state index contributed by atoms with van der Waals surface area (Å²) in [6, 6.07) is 31.7. The van der Waals surface area contributed by atoms with Crippen LogP contribution in [0, 0.1) is 0 Å². The molecule has 58 heavy (non-hydrogen) atoms. The lowest BCUT2D eigenvalue weighted by atomic mass is 9.98. The molecule has 1 aliphatic carbocycles. The smallest absolute Gasteiger partial charge is 0.138 e. The number of anilines is 2. The Morgan fingerprint density at radius 2 is 1.21 bits per heavy atom. The summed E-state index contributed by atoms with van der Waals surface area (Å²) >= 11 is 0. The van der Waals surface area contributed by atoms with Crippen LogP contribution in [0.3, 0.4) is 0 Å². The molecule has 0 radical (unpaired) electrons. The summed E-state index contributed by atoms with van der Waals surface area (Å²) in [7, 11) is 2.13. The van der Waals surface area contributed by atoms with Crippen LogP contribution in [-0.2, 0) is 7.05 Å². The standard InChI is InChI=1S/C47H39N3.C4H8.C4H6/c1-4-5-14-24-37-27-21-30-45-41(37)34-42-40-28-19-10-8-6-7-9-11-20-29-44(40)49(3)46(42)31-35(2)50(45)47-33-39(36-22-15-12-16-23-36)32-43(48-47)38-25-17-13-18-26-38;2*1-3-4-2/h4-34H,2H2,1,3H3;3-4H,1-2H3;3-4H,1-2H2/b5-4+,7-6-,8-6?,9-7?,10-8+,11-9-,19-10?,20-11?,24-14-,28-19+,29-20-,40-28?,42-34-,44-29?,46-31+;4-3-;. The molecule has 5 aromatic rings. The lowest BCUT2D eigenvalue weighted by Crippen LogP contribution is -2.32. The van der Waals surface area contributed by atoms with Gasteiger partial charge in [-0.05, 0) is 73.9 Å². The van der Waals surface area contributed by atoms with E-state index in [4.69, 9.17) is 11.6 Å². The van der Waals surface area contributed by atoms with Crippen LogP contribution < -0.4 is 15.5 Å². The molecule has 3 nitrogen and oxygen atoms in total. The fourth-order valence-electron chi connectivity index (χ4n) is 6.47. The Balaban J connectivity index is 0.000000735. The van der Waals surface area contributed by atoms with Gasteiger partial charge in [0.25, 0.3) is 0 Å². The summed E-state index contributed by atoms with van der Waals surface area (Å²) in [4.78, 5) is 7.54. The first kappa shape index (κ1) is 41.9. The predicted molar refractivity (Wildman–Crippen MR) is 256 cm³/mol. The Labute approximate surface area is 345 Å². The van der Waals surface area contributed by atoms with Crippen LogP contribution in [0.25, 0.3) is 52.8 Å². The van der Waals surface area contributed by atoms with Gasteiger partial charge in [0.1, 0.15) is 5.82 Å². The van der Waals surface area contributed by atoms with Crippen LogP contribution in [0.1, 0.15) is 43.2 Å². The highest BCUT2D eigenvalue weighted by atomic mass is 15.2. The summed E-state index contributed by atoms with van der Waals surface area (Å²) in [5.74, 6) is 0.801. The van der Waals surface area contributed by atoms with Crippen molar-refractivity contribution in [3.63, 3.8) is 0 Å². The highest BCUT2D eigenvalue weighted by Gasteiger charge is 2.23. The van der Waals surface area contributed by atoms with Gasteiger partial charge in [0, 0.05) is 40.3 Å². The van der Waals surface area contributed by atoms with E-state index in [0.29, 0.717) is 0 Å². The second kappa shape index (κ2) is 21.8. The third-order valence-electron chi connectivity index (χ3n) is 9.39. The zero-order valence-electron chi connectivity index (χ0n) is 34.2. The summed E-state index contributed by atoms with van der Waals surface area (Å²) < 4.78 is 2.26. The summed E-state index contributed by atoms with van der Waals surface area (Å²) in [5.41, 5.74) is 10.5. The molecule has 3 aromatic carbocycles. The van der Waals surface area contributed by atoms with E-state index in [1.165, 1.54) is 0 Å². The average Bonchev–Trinajstić information content (AvgIpc) is 3.48. The summed E-state index contributed by atoms with van der Waals surface area (Å²) in [6.07, 6.45) is 41.1. The van der Waals surface area contributed by atoms with Crippen molar-refractivity contribution in [1.29, 1.82) is 0 Å². The van der Waals surface area contributed by atoms with E-state index >= 15 is 0 Å². The molecule has 0 bridgehead atoms. The van der Waals surface area contributed by atoms with Gasteiger partial charge in [-0.2, -0.15) is 0 Å². The number of hydrogen-bond acceptors (Lipinski definition) is 2. The fourth-order valence-corrected chi connectivity index (χ4v) is 6.47. The minimum absolute atomic E-state index is 0.801. The molecule has 0 atom stereocenters. The van der Waals surface area contributed by atoms with Gasteiger partial charge in [0.05, 0.1) is 16.7 Å². The quantitative estimate of drug-likeness (QED) is 0.127. The van der Waals surface area contributed by atoms with Gasteiger partial charge < -0.3 is 4.57 Å². The Hall–Kier alpha value is -7.23. The lowest BCUT2D eigenvalue weighted by Gasteiger charge is -2.28. The number of fused-ring (bicyclic) bond motifs is 4. The second-order valence-electron chi connectivity index (χ2n) is 13.3. The number of allylic oxidation sites excluding steroid dienone is 16. The molecule has 0 saturated heterocycles. The molecule has 0 fully saturated rings. The van der Waals surface area contributed by atoms with Crippen LogP contribution in [0.5, 0.6) is 0 Å². The van der Waals surface area contributed by atoms with Crippen molar-refractivity contribution in [3.8, 4) is 22.4 Å². The van der Waals surface area contributed by atoms with Crippen LogP contribution >= 0.6 is 0 Å². The molecule has 2 aliphatic rings. The predicted octanol–water partition coefficient (Wildman–Crippen LogP) is 13.3. The maximum Gasteiger partial charge on any atom is 0.138 e. The largest absolute Gasteiger partial charge is 0.344 e. The van der Waals surface area contributed by atoms with Crippen molar-refractivity contribution in [2.75, 3.05) is 4.90 Å². The van der Waals surface area contributed by atoms with Gasteiger partial charge in [0.15, 0.2) is 0 Å². The van der Waals surface area contributed by atoms with Gasteiger partial charge >= 0.3 is 0 Å². The van der Waals surface area contributed by atoms with Crippen molar-refractivity contribution >= 4 is 41.9 Å². The van der Waals surface area contributed by atoms with E-state index in [0.717, 1.165) is 72.5 Å². The maximum atomic E-state index is 5.34. The molecule has 0 amide bonds. The molecule has 1 aliphatic heterocycles. The number of rotatable bonds is 6. The first-order valence-corrected chi connectivity index (χ1v) is 19.6. The summed E-state index contributed by atoms with van der Waals surface area (Å²) in [6.45, 7) is 17.5. The van der Waals surface area contributed by atoms with Crippen LogP contribution in [0.4, 0.5) is 11.5 Å². The topological polar surface area (TPSA) is 21.1 Å². The van der Waals surface area contributed by atoms with E-state index in [9.17, 15) is 0 Å². The first-order chi connectivity index (χ1) is 28.4. The molecule has 7 rings (SSSR count). The fraction of sp³-hybridized carbons (Fsp3) is 0.0727. The molecule has 288 valence electrons. The van der Waals surface area contributed by atoms with Crippen LogP contribution in [0.15, 0.2) is 208 Å². The highest BCUT2D eigenvalue weighted by molar-refractivity contribution is 5.87.